The van der Waals surface area contributed by atoms with Crippen molar-refractivity contribution in [2.75, 3.05) is 11.1 Å². The summed E-state index contributed by atoms with van der Waals surface area (Å²) in [5.41, 5.74) is 2.14. The van der Waals surface area contributed by atoms with Crippen molar-refractivity contribution >= 4 is 23.4 Å². The molecule has 164 valence electrons. The van der Waals surface area contributed by atoms with Gasteiger partial charge in [-0.3, -0.25) is 4.79 Å². The van der Waals surface area contributed by atoms with Crippen LogP contribution >= 0.6 is 11.8 Å². The van der Waals surface area contributed by atoms with Crippen molar-refractivity contribution in [2.24, 2.45) is 0 Å². The number of hydrogen-bond donors (Lipinski definition) is 1. The van der Waals surface area contributed by atoms with Crippen LogP contribution in [-0.4, -0.2) is 26.4 Å². The number of thioether (sulfide) groups is 1. The molecule has 0 saturated heterocycles. The molecule has 0 radical (unpaired) electrons. The number of nitrogens with one attached hydrogen (secondary N) is 1. The van der Waals surface area contributed by atoms with Gasteiger partial charge in [-0.15, -0.1) is 10.2 Å². The molecule has 1 heterocycles. The van der Waals surface area contributed by atoms with Gasteiger partial charge in [0, 0.05) is 12.6 Å². The van der Waals surface area contributed by atoms with Crippen LogP contribution in [0.5, 0.6) is 5.75 Å². The molecule has 0 spiro atoms. The number of benzene rings is 2. The minimum absolute atomic E-state index is 0.00117. The number of aromatic nitrogens is 3. The zero-order valence-electron chi connectivity index (χ0n) is 17.8. The van der Waals surface area contributed by atoms with Gasteiger partial charge in [-0.25, -0.2) is 8.78 Å². The van der Waals surface area contributed by atoms with Crippen LogP contribution in [0.3, 0.4) is 0 Å². The van der Waals surface area contributed by atoms with Crippen molar-refractivity contribution < 1.29 is 18.3 Å². The lowest BCUT2D eigenvalue weighted by molar-refractivity contribution is -0.113. The molecule has 1 aromatic heterocycles. The summed E-state index contributed by atoms with van der Waals surface area (Å²) >= 11 is 1.18. The Bertz CT molecular complexity index is 1090. The fourth-order valence-electron chi connectivity index (χ4n) is 3.01. The third kappa shape index (κ3) is 5.41. The molecule has 6 nitrogen and oxygen atoms in total. The highest BCUT2D eigenvalue weighted by atomic mass is 32.2. The number of rotatable bonds is 8. The zero-order valence-corrected chi connectivity index (χ0v) is 18.6. The molecule has 9 heteroatoms. The zero-order chi connectivity index (χ0) is 22.5. The molecule has 0 aliphatic rings. The second kappa shape index (κ2) is 9.91. The molecule has 1 atom stereocenters. The van der Waals surface area contributed by atoms with Crippen molar-refractivity contribution in [2.45, 2.75) is 45.5 Å². The van der Waals surface area contributed by atoms with Gasteiger partial charge >= 0.3 is 0 Å². The second-order valence-electron chi connectivity index (χ2n) is 7.00. The van der Waals surface area contributed by atoms with E-state index in [1.807, 2.05) is 50.5 Å². The van der Waals surface area contributed by atoms with Gasteiger partial charge in [0.05, 0.1) is 11.4 Å². The van der Waals surface area contributed by atoms with Gasteiger partial charge in [0.1, 0.15) is 17.4 Å². The molecule has 3 aromatic rings. The van der Waals surface area contributed by atoms with E-state index in [0.29, 0.717) is 17.5 Å². The summed E-state index contributed by atoms with van der Waals surface area (Å²) in [5.74, 6) is -0.520. The Balaban J connectivity index is 1.66. The summed E-state index contributed by atoms with van der Waals surface area (Å²) in [5, 5.41) is 11.4. The van der Waals surface area contributed by atoms with E-state index in [1.54, 1.807) is 0 Å². The molecule has 0 aliphatic heterocycles. The van der Waals surface area contributed by atoms with Crippen molar-refractivity contribution in [3.8, 4) is 5.75 Å². The Morgan fingerprint density at radius 1 is 1.23 bits per heavy atom. The highest BCUT2D eigenvalue weighted by Gasteiger charge is 2.20. The van der Waals surface area contributed by atoms with E-state index >= 15 is 0 Å². The van der Waals surface area contributed by atoms with Crippen LogP contribution in [0.4, 0.5) is 14.5 Å². The molecule has 0 saturated carbocycles. The minimum atomic E-state index is -0.824. The van der Waals surface area contributed by atoms with Crippen LogP contribution in [0.2, 0.25) is 0 Å². The summed E-state index contributed by atoms with van der Waals surface area (Å²) in [4.78, 5) is 12.2. The number of nitrogens with zero attached hydrogens (tertiary/aromatic N) is 3. The average Bonchev–Trinajstić information content (AvgIpc) is 3.15. The Labute approximate surface area is 184 Å². The van der Waals surface area contributed by atoms with Crippen LogP contribution < -0.4 is 10.1 Å². The number of halogens is 2. The topological polar surface area (TPSA) is 69.0 Å². The highest BCUT2D eigenvalue weighted by molar-refractivity contribution is 7.99. The predicted octanol–water partition coefficient (Wildman–Crippen LogP) is 5.06. The van der Waals surface area contributed by atoms with E-state index < -0.39 is 17.5 Å². The molecule has 3 rings (SSSR count). The average molecular weight is 447 g/mol. The molecule has 0 aliphatic carbocycles. The first-order valence-corrected chi connectivity index (χ1v) is 10.8. The molecule has 2 aromatic carbocycles. The second-order valence-corrected chi connectivity index (χ2v) is 7.95. The molecule has 31 heavy (non-hydrogen) atoms. The van der Waals surface area contributed by atoms with Crippen LogP contribution in [0.25, 0.3) is 0 Å². The minimum Gasteiger partial charge on any atom is -0.482 e. The van der Waals surface area contributed by atoms with Gasteiger partial charge in [0.2, 0.25) is 5.91 Å². The normalized spacial score (nSPS) is 11.9. The van der Waals surface area contributed by atoms with Crippen molar-refractivity contribution in [1.82, 2.24) is 14.8 Å². The van der Waals surface area contributed by atoms with Gasteiger partial charge < -0.3 is 14.6 Å². The molecule has 1 N–H and O–H groups in total. The summed E-state index contributed by atoms with van der Waals surface area (Å²) < 4.78 is 34.7. The standard InChI is InChI=1S/C22H24F2N4O2S/c1-5-28-21(15(4)30-19-8-6-7-13(2)14(19)3)26-27-22(28)31-12-20(29)25-18-10-9-16(23)11-17(18)24/h6-11,15H,5,12H2,1-4H3,(H,25,29). The lowest BCUT2D eigenvalue weighted by atomic mass is 10.1. The quantitative estimate of drug-likeness (QED) is 0.490. The number of anilines is 1. The number of amides is 1. The van der Waals surface area contributed by atoms with Crippen LogP contribution in [-0.2, 0) is 11.3 Å². The van der Waals surface area contributed by atoms with Gasteiger partial charge in [-0.1, -0.05) is 23.9 Å². The maximum Gasteiger partial charge on any atom is 0.234 e. The summed E-state index contributed by atoms with van der Waals surface area (Å²) in [6.45, 7) is 8.48. The molecular weight excluding hydrogens is 422 g/mol. The Morgan fingerprint density at radius 2 is 2.00 bits per heavy atom. The molecule has 1 amide bonds. The third-order valence-corrected chi connectivity index (χ3v) is 5.79. The van der Waals surface area contributed by atoms with E-state index in [4.69, 9.17) is 4.74 Å². The maximum absolute atomic E-state index is 13.7. The van der Waals surface area contributed by atoms with Crippen molar-refractivity contribution in [3.63, 3.8) is 0 Å². The Kier molecular flexibility index (Phi) is 7.27. The van der Waals surface area contributed by atoms with E-state index in [2.05, 4.69) is 15.5 Å². The highest BCUT2D eigenvalue weighted by Crippen LogP contribution is 2.28. The Morgan fingerprint density at radius 3 is 2.71 bits per heavy atom. The Hall–Kier alpha value is -2.94. The fourth-order valence-corrected chi connectivity index (χ4v) is 3.82. The van der Waals surface area contributed by atoms with Crippen molar-refractivity contribution in [1.29, 1.82) is 0 Å². The number of carbonyl (C=O) groups excluding carboxylic acids is 1. The van der Waals surface area contributed by atoms with Gasteiger partial charge in [0.15, 0.2) is 17.1 Å². The summed E-state index contributed by atoms with van der Waals surface area (Å²) in [6.07, 6.45) is -0.343. The number of aryl methyl sites for hydroxylation is 1. The molecular formula is C22H24F2N4O2S. The lowest BCUT2D eigenvalue weighted by Crippen LogP contribution is -2.16. The van der Waals surface area contributed by atoms with Crippen molar-refractivity contribution in [3.05, 3.63) is 65.0 Å². The lowest BCUT2D eigenvalue weighted by Gasteiger charge is -2.17. The maximum atomic E-state index is 13.7. The SMILES string of the molecule is CCn1c(SCC(=O)Nc2ccc(F)cc2F)nnc1C(C)Oc1cccc(C)c1C. The number of carbonyl (C=O) groups is 1. The van der Waals surface area contributed by atoms with Crippen LogP contribution in [0.1, 0.15) is 36.9 Å². The fraction of sp³-hybridized carbons (Fsp3) is 0.318. The first-order valence-electron chi connectivity index (χ1n) is 9.83. The van der Waals surface area contributed by atoms with Gasteiger partial charge in [0.25, 0.3) is 0 Å². The monoisotopic (exact) mass is 446 g/mol. The first-order chi connectivity index (χ1) is 14.8. The predicted molar refractivity (Wildman–Crippen MR) is 116 cm³/mol. The first kappa shape index (κ1) is 22.7. The molecule has 1 unspecified atom stereocenters. The summed E-state index contributed by atoms with van der Waals surface area (Å²) in [7, 11) is 0. The third-order valence-electron chi connectivity index (χ3n) is 4.82. The van der Waals surface area contributed by atoms with E-state index in [9.17, 15) is 13.6 Å². The van der Waals surface area contributed by atoms with E-state index in [-0.39, 0.29) is 17.5 Å². The number of hydrogen-bond acceptors (Lipinski definition) is 5. The van der Waals surface area contributed by atoms with Crippen LogP contribution in [0, 0.1) is 25.5 Å². The van der Waals surface area contributed by atoms with Crippen LogP contribution in [0.15, 0.2) is 41.6 Å². The molecule has 0 bridgehead atoms. The van der Waals surface area contributed by atoms with Gasteiger partial charge in [-0.05, 0) is 57.0 Å². The van der Waals surface area contributed by atoms with E-state index in [0.717, 1.165) is 29.0 Å². The summed E-state index contributed by atoms with van der Waals surface area (Å²) in [6, 6.07) is 8.88. The van der Waals surface area contributed by atoms with Gasteiger partial charge in [-0.2, -0.15) is 0 Å². The largest absolute Gasteiger partial charge is 0.482 e. The van der Waals surface area contributed by atoms with E-state index in [1.165, 1.54) is 17.8 Å². The number of ether oxygens (including phenoxy) is 1. The smallest absolute Gasteiger partial charge is 0.234 e. The molecule has 0 fully saturated rings.